The van der Waals surface area contributed by atoms with Gasteiger partial charge in [-0.15, -0.1) is 0 Å². The number of amides is 2. The van der Waals surface area contributed by atoms with Crippen LogP contribution in [0.4, 0.5) is 10.6 Å². The first-order chi connectivity index (χ1) is 16.0. The molecule has 2 heterocycles. The van der Waals surface area contributed by atoms with Gasteiger partial charge in [-0.1, -0.05) is 60.7 Å². The molecule has 172 valence electrons. The number of carbonyl (C=O) groups is 2. The number of aromatic nitrogens is 2. The Morgan fingerprint density at radius 2 is 1.70 bits per heavy atom. The SMILES string of the molecule is Cc1cc(N(C)C(=O)CC2(c3ccccc3)CCN(C(=O)OCc3ccccc3)CC2)[nH]n1. The summed E-state index contributed by atoms with van der Waals surface area (Å²) >= 11 is 0. The number of nitrogens with zero attached hydrogens (tertiary/aromatic N) is 3. The summed E-state index contributed by atoms with van der Waals surface area (Å²) < 4.78 is 5.52. The smallest absolute Gasteiger partial charge is 0.410 e. The minimum absolute atomic E-state index is 0.0163. The normalized spacial score (nSPS) is 15.2. The van der Waals surface area contributed by atoms with E-state index in [1.165, 1.54) is 0 Å². The quantitative estimate of drug-likeness (QED) is 0.607. The van der Waals surface area contributed by atoms with E-state index >= 15 is 0 Å². The fourth-order valence-corrected chi connectivity index (χ4v) is 4.41. The van der Waals surface area contributed by atoms with Crippen molar-refractivity contribution in [2.75, 3.05) is 25.0 Å². The maximum absolute atomic E-state index is 13.2. The third-order valence-electron chi connectivity index (χ3n) is 6.49. The summed E-state index contributed by atoms with van der Waals surface area (Å²) in [6.07, 6.45) is 1.44. The molecule has 7 heteroatoms. The molecule has 2 amide bonds. The molecular weight excluding hydrogens is 416 g/mol. The Bertz CT molecular complexity index is 1070. The zero-order valence-corrected chi connectivity index (χ0v) is 19.2. The van der Waals surface area contributed by atoms with Crippen LogP contribution in [0.2, 0.25) is 0 Å². The Balaban J connectivity index is 1.44. The lowest BCUT2D eigenvalue weighted by molar-refractivity contribution is -0.120. The van der Waals surface area contributed by atoms with Crippen molar-refractivity contribution in [2.24, 2.45) is 0 Å². The second-order valence-electron chi connectivity index (χ2n) is 8.70. The predicted octanol–water partition coefficient (Wildman–Crippen LogP) is 4.44. The van der Waals surface area contributed by atoms with Gasteiger partial charge in [0.25, 0.3) is 0 Å². The van der Waals surface area contributed by atoms with Gasteiger partial charge >= 0.3 is 6.09 Å². The molecule has 0 aliphatic carbocycles. The molecule has 1 saturated heterocycles. The van der Waals surface area contributed by atoms with Gasteiger partial charge in [-0.2, -0.15) is 5.10 Å². The Kier molecular flexibility index (Phi) is 6.77. The van der Waals surface area contributed by atoms with Crippen LogP contribution in [0.15, 0.2) is 66.7 Å². The molecule has 1 aliphatic rings. The van der Waals surface area contributed by atoms with Gasteiger partial charge in [-0.25, -0.2) is 4.79 Å². The molecule has 0 radical (unpaired) electrons. The van der Waals surface area contributed by atoms with Gasteiger partial charge in [-0.05, 0) is 30.9 Å². The fraction of sp³-hybridized carbons (Fsp3) is 0.346. The molecule has 0 bridgehead atoms. The van der Waals surface area contributed by atoms with Gasteiger partial charge in [0.2, 0.25) is 5.91 Å². The number of nitrogens with one attached hydrogen (secondary N) is 1. The van der Waals surface area contributed by atoms with Gasteiger partial charge in [0.05, 0.1) is 5.69 Å². The minimum Gasteiger partial charge on any atom is -0.445 e. The van der Waals surface area contributed by atoms with E-state index in [0.29, 0.717) is 38.2 Å². The molecule has 0 saturated carbocycles. The highest BCUT2D eigenvalue weighted by molar-refractivity contribution is 5.92. The third-order valence-corrected chi connectivity index (χ3v) is 6.49. The maximum atomic E-state index is 13.2. The topological polar surface area (TPSA) is 78.5 Å². The lowest BCUT2D eigenvalue weighted by atomic mass is 9.70. The van der Waals surface area contributed by atoms with E-state index in [0.717, 1.165) is 16.8 Å². The van der Waals surface area contributed by atoms with Crippen LogP contribution in [0.5, 0.6) is 0 Å². The highest BCUT2D eigenvalue weighted by Crippen LogP contribution is 2.39. The molecule has 1 aliphatic heterocycles. The number of anilines is 1. The van der Waals surface area contributed by atoms with E-state index < -0.39 is 0 Å². The minimum atomic E-state index is -0.335. The highest BCUT2D eigenvalue weighted by atomic mass is 16.6. The van der Waals surface area contributed by atoms with Crippen molar-refractivity contribution in [3.8, 4) is 0 Å². The number of hydrogen-bond acceptors (Lipinski definition) is 4. The maximum Gasteiger partial charge on any atom is 0.410 e. The van der Waals surface area contributed by atoms with Crippen LogP contribution in [0.25, 0.3) is 0 Å². The number of likely N-dealkylation sites (tertiary alicyclic amines) is 1. The Morgan fingerprint density at radius 1 is 1.06 bits per heavy atom. The van der Waals surface area contributed by atoms with Gasteiger partial charge in [0.1, 0.15) is 12.4 Å². The summed E-state index contributed by atoms with van der Waals surface area (Å²) in [6.45, 7) is 3.23. The number of benzene rings is 2. The molecule has 1 aromatic heterocycles. The second-order valence-corrected chi connectivity index (χ2v) is 8.70. The Morgan fingerprint density at radius 3 is 2.30 bits per heavy atom. The number of ether oxygens (including phenoxy) is 1. The highest BCUT2D eigenvalue weighted by Gasteiger charge is 2.40. The largest absolute Gasteiger partial charge is 0.445 e. The monoisotopic (exact) mass is 446 g/mol. The van der Waals surface area contributed by atoms with E-state index in [1.807, 2.05) is 61.5 Å². The predicted molar refractivity (Wildman–Crippen MR) is 127 cm³/mol. The van der Waals surface area contributed by atoms with E-state index in [4.69, 9.17) is 4.74 Å². The first kappa shape index (κ1) is 22.6. The van der Waals surface area contributed by atoms with Crippen LogP contribution in [0, 0.1) is 6.92 Å². The number of aromatic amines is 1. The van der Waals surface area contributed by atoms with Crippen molar-refractivity contribution < 1.29 is 14.3 Å². The van der Waals surface area contributed by atoms with E-state index in [2.05, 4.69) is 22.3 Å². The van der Waals surface area contributed by atoms with Crippen LogP contribution in [-0.2, 0) is 21.6 Å². The zero-order valence-electron chi connectivity index (χ0n) is 19.2. The molecule has 0 atom stereocenters. The number of hydrogen-bond donors (Lipinski definition) is 1. The molecule has 2 aromatic carbocycles. The summed E-state index contributed by atoms with van der Waals surface area (Å²) in [5, 5.41) is 7.04. The number of piperidine rings is 1. The van der Waals surface area contributed by atoms with Crippen molar-refractivity contribution >= 4 is 17.8 Å². The average molecular weight is 447 g/mol. The van der Waals surface area contributed by atoms with E-state index in [9.17, 15) is 9.59 Å². The number of carbonyl (C=O) groups excluding carboxylic acids is 2. The summed E-state index contributed by atoms with van der Waals surface area (Å²) in [5.41, 5.74) is 2.59. The zero-order chi connectivity index (χ0) is 23.3. The second kappa shape index (κ2) is 9.90. The van der Waals surface area contributed by atoms with Crippen LogP contribution >= 0.6 is 0 Å². The van der Waals surface area contributed by atoms with E-state index in [1.54, 1.807) is 16.8 Å². The molecular formula is C26H30N4O3. The number of aryl methyl sites for hydroxylation is 1. The van der Waals surface area contributed by atoms with Crippen molar-refractivity contribution in [3.63, 3.8) is 0 Å². The van der Waals surface area contributed by atoms with E-state index in [-0.39, 0.29) is 24.0 Å². The van der Waals surface area contributed by atoms with Crippen molar-refractivity contribution in [2.45, 2.75) is 38.2 Å². The average Bonchev–Trinajstić information content (AvgIpc) is 3.29. The molecule has 0 unspecified atom stereocenters. The molecule has 1 N–H and O–H groups in total. The van der Waals surface area contributed by atoms with Crippen molar-refractivity contribution in [3.05, 3.63) is 83.6 Å². The fourth-order valence-electron chi connectivity index (χ4n) is 4.41. The summed E-state index contributed by atoms with van der Waals surface area (Å²) in [5.74, 6) is 0.699. The van der Waals surface area contributed by atoms with Crippen molar-refractivity contribution in [1.82, 2.24) is 15.1 Å². The molecule has 4 rings (SSSR count). The van der Waals surface area contributed by atoms with Crippen LogP contribution in [-0.4, -0.2) is 47.2 Å². The Hall–Kier alpha value is -3.61. The lowest BCUT2D eigenvalue weighted by Crippen LogP contribution is -2.47. The first-order valence-electron chi connectivity index (χ1n) is 11.3. The molecule has 33 heavy (non-hydrogen) atoms. The van der Waals surface area contributed by atoms with Gasteiger partial charge in [0, 0.05) is 38.0 Å². The lowest BCUT2D eigenvalue weighted by Gasteiger charge is -2.42. The standard InChI is InChI=1S/C26H30N4O3/c1-20-17-23(28-27-20)29(2)24(31)18-26(22-11-7-4-8-12-22)13-15-30(16-14-26)25(32)33-19-21-9-5-3-6-10-21/h3-12,17H,13-16,18-19H2,1-2H3,(H,27,28). The molecule has 1 fully saturated rings. The summed E-state index contributed by atoms with van der Waals surface area (Å²) in [6, 6.07) is 21.7. The number of H-pyrrole nitrogens is 1. The molecule has 3 aromatic rings. The molecule has 0 spiro atoms. The first-order valence-corrected chi connectivity index (χ1v) is 11.3. The third kappa shape index (κ3) is 5.25. The van der Waals surface area contributed by atoms with Crippen LogP contribution in [0.3, 0.4) is 0 Å². The number of rotatable bonds is 6. The molecule has 7 nitrogen and oxygen atoms in total. The van der Waals surface area contributed by atoms with Crippen molar-refractivity contribution in [1.29, 1.82) is 0 Å². The van der Waals surface area contributed by atoms with Gasteiger partial charge in [0.15, 0.2) is 0 Å². The van der Waals surface area contributed by atoms with Crippen LogP contribution in [0.1, 0.15) is 36.1 Å². The summed E-state index contributed by atoms with van der Waals surface area (Å²) in [4.78, 5) is 29.3. The van der Waals surface area contributed by atoms with Gasteiger partial charge < -0.3 is 14.5 Å². The summed E-state index contributed by atoms with van der Waals surface area (Å²) in [7, 11) is 1.77. The van der Waals surface area contributed by atoms with Crippen LogP contribution < -0.4 is 4.90 Å². The van der Waals surface area contributed by atoms with Gasteiger partial charge in [-0.3, -0.25) is 9.89 Å². The Labute approximate surface area is 194 Å².